The average Bonchev–Trinajstić information content (AvgIpc) is 3.27. The van der Waals surface area contributed by atoms with E-state index in [1.165, 1.54) is 6.92 Å². The van der Waals surface area contributed by atoms with Gasteiger partial charge in [-0.3, -0.25) is 4.79 Å². The minimum absolute atomic E-state index is 0.0663. The highest BCUT2D eigenvalue weighted by molar-refractivity contribution is 5.92. The van der Waals surface area contributed by atoms with Gasteiger partial charge in [0, 0.05) is 23.5 Å². The lowest BCUT2D eigenvalue weighted by atomic mass is 9.46. The smallest absolute Gasteiger partial charge is 0.334 e. The third-order valence-corrected chi connectivity index (χ3v) is 7.48. The van der Waals surface area contributed by atoms with Gasteiger partial charge in [-0.15, -0.1) is 0 Å². The van der Waals surface area contributed by atoms with Gasteiger partial charge in [0.2, 0.25) is 0 Å². The molecule has 5 nitrogen and oxygen atoms in total. The van der Waals surface area contributed by atoms with Crippen molar-refractivity contribution in [3.8, 4) is 0 Å². The Morgan fingerprint density at radius 2 is 2.22 bits per heavy atom. The van der Waals surface area contributed by atoms with E-state index < -0.39 is 0 Å². The molecule has 146 valence electrons. The zero-order chi connectivity index (χ0) is 19.2. The highest BCUT2D eigenvalue weighted by atomic mass is 16.5. The van der Waals surface area contributed by atoms with Crippen LogP contribution in [0.1, 0.15) is 64.5 Å². The van der Waals surface area contributed by atoms with Crippen molar-refractivity contribution in [2.45, 2.75) is 59.0 Å². The molecule has 1 aromatic heterocycles. The molecular weight excluding hydrogens is 344 g/mol. The summed E-state index contributed by atoms with van der Waals surface area (Å²) in [6.45, 7) is 6.55. The molecule has 5 atom stereocenters. The Labute approximate surface area is 160 Å². The number of carbonyl (C=O) groups is 2. The number of furan rings is 1. The van der Waals surface area contributed by atoms with E-state index in [-0.39, 0.29) is 28.9 Å². The maximum atomic E-state index is 12.3. The number of esters is 2. The van der Waals surface area contributed by atoms with Gasteiger partial charge in [-0.25, -0.2) is 4.79 Å². The largest absolute Gasteiger partial charge is 0.472 e. The van der Waals surface area contributed by atoms with Crippen molar-refractivity contribution in [1.82, 2.24) is 0 Å². The predicted molar refractivity (Wildman–Crippen MR) is 98.5 cm³/mol. The number of allylic oxidation sites excluding steroid dienone is 1. The normalized spacial score (nSPS) is 36.3. The average molecular weight is 372 g/mol. The third kappa shape index (κ3) is 2.82. The molecule has 0 amide bonds. The summed E-state index contributed by atoms with van der Waals surface area (Å²) < 4.78 is 16.5. The van der Waals surface area contributed by atoms with Crippen molar-refractivity contribution in [2.24, 2.45) is 22.7 Å². The first-order valence-corrected chi connectivity index (χ1v) is 9.94. The van der Waals surface area contributed by atoms with Crippen LogP contribution >= 0.6 is 0 Å². The van der Waals surface area contributed by atoms with E-state index in [0.29, 0.717) is 18.4 Å². The number of hydrogen-bond acceptors (Lipinski definition) is 5. The van der Waals surface area contributed by atoms with Gasteiger partial charge in [0.05, 0.1) is 12.5 Å². The quantitative estimate of drug-likeness (QED) is 0.723. The van der Waals surface area contributed by atoms with Crippen LogP contribution in [0.4, 0.5) is 0 Å². The molecule has 0 bridgehead atoms. The van der Waals surface area contributed by atoms with Gasteiger partial charge >= 0.3 is 11.9 Å². The summed E-state index contributed by atoms with van der Waals surface area (Å²) in [6.07, 6.45) is 9.75. The molecule has 5 heteroatoms. The Morgan fingerprint density at radius 1 is 1.41 bits per heavy atom. The molecule has 0 radical (unpaired) electrons. The summed E-state index contributed by atoms with van der Waals surface area (Å²) in [7, 11) is 0. The first-order chi connectivity index (χ1) is 12.9. The summed E-state index contributed by atoms with van der Waals surface area (Å²) >= 11 is 0. The van der Waals surface area contributed by atoms with Crippen LogP contribution in [0.3, 0.4) is 0 Å². The molecule has 1 aromatic rings. The van der Waals surface area contributed by atoms with Crippen LogP contribution in [0.25, 0.3) is 0 Å². The van der Waals surface area contributed by atoms with Crippen LogP contribution in [-0.2, 0) is 19.1 Å². The molecule has 27 heavy (non-hydrogen) atoms. The van der Waals surface area contributed by atoms with Gasteiger partial charge in [0.15, 0.2) is 0 Å². The SMILES string of the molecule is CC(=O)OC(C[C@@]1(C)[C@H](C)CC[C@@]23COC(=O)C2=CCC[C@@H]31)c1ccoc1. The molecule has 4 rings (SSSR count). The highest BCUT2D eigenvalue weighted by Gasteiger charge is 2.61. The summed E-state index contributed by atoms with van der Waals surface area (Å²) in [5, 5.41) is 0. The molecule has 3 aliphatic rings. The van der Waals surface area contributed by atoms with Crippen molar-refractivity contribution in [3.05, 3.63) is 35.8 Å². The van der Waals surface area contributed by atoms with E-state index >= 15 is 0 Å². The van der Waals surface area contributed by atoms with E-state index in [2.05, 4.69) is 19.9 Å². The minimum atomic E-state index is -0.337. The second kappa shape index (κ2) is 6.54. The zero-order valence-corrected chi connectivity index (χ0v) is 16.3. The summed E-state index contributed by atoms with van der Waals surface area (Å²) in [5.41, 5.74) is 1.55. The van der Waals surface area contributed by atoms with Gasteiger partial charge < -0.3 is 13.9 Å². The molecule has 1 aliphatic heterocycles. The van der Waals surface area contributed by atoms with Crippen LogP contribution in [0, 0.1) is 22.7 Å². The van der Waals surface area contributed by atoms with Gasteiger partial charge in [0.25, 0.3) is 0 Å². The molecule has 1 saturated heterocycles. The predicted octanol–water partition coefficient (Wildman–Crippen LogP) is 4.59. The number of ether oxygens (including phenoxy) is 2. The molecule has 2 fully saturated rings. The molecule has 1 spiro atoms. The van der Waals surface area contributed by atoms with E-state index in [9.17, 15) is 9.59 Å². The van der Waals surface area contributed by atoms with Gasteiger partial charge in [0.1, 0.15) is 12.7 Å². The van der Waals surface area contributed by atoms with Crippen molar-refractivity contribution < 1.29 is 23.5 Å². The lowest BCUT2D eigenvalue weighted by molar-refractivity contribution is -0.153. The van der Waals surface area contributed by atoms with Crippen LogP contribution < -0.4 is 0 Å². The van der Waals surface area contributed by atoms with Crippen LogP contribution in [0.15, 0.2) is 34.7 Å². The first-order valence-electron chi connectivity index (χ1n) is 9.94. The Balaban J connectivity index is 1.70. The lowest BCUT2D eigenvalue weighted by Gasteiger charge is -2.57. The lowest BCUT2D eigenvalue weighted by Crippen LogP contribution is -2.52. The van der Waals surface area contributed by atoms with Crippen molar-refractivity contribution in [1.29, 1.82) is 0 Å². The second-order valence-corrected chi connectivity index (χ2v) is 8.78. The highest BCUT2D eigenvalue weighted by Crippen LogP contribution is 2.64. The Hall–Kier alpha value is -2.04. The summed E-state index contributed by atoms with van der Waals surface area (Å²) in [5.74, 6) is 0.382. The summed E-state index contributed by atoms with van der Waals surface area (Å²) in [6, 6.07) is 1.87. The van der Waals surface area contributed by atoms with Crippen molar-refractivity contribution in [3.63, 3.8) is 0 Å². The van der Waals surface area contributed by atoms with Crippen molar-refractivity contribution in [2.75, 3.05) is 6.61 Å². The minimum Gasteiger partial charge on any atom is -0.472 e. The van der Waals surface area contributed by atoms with E-state index in [4.69, 9.17) is 13.9 Å². The monoisotopic (exact) mass is 372 g/mol. The standard InChI is InChI=1S/C22H28O5/c1-14-7-9-22-13-26-20(24)17(22)5-4-6-19(22)21(14,3)11-18(27-15(2)23)16-8-10-25-12-16/h5,8,10,12,14,18-19H,4,6-7,9,11,13H2,1-3H3/t14-,18?,19-,21+,22-/m1/s1. The molecule has 2 aliphatic carbocycles. The molecular formula is C22H28O5. The van der Waals surface area contributed by atoms with Crippen molar-refractivity contribution >= 4 is 11.9 Å². The summed E-state index contributed by atoms with van der Waals surface area (Å²) in [4.78, 5) is 24.1. The molecule has 1 unspecified atom stereocenters. The zero-order valence-electron chi connectivity index (χ0n) is 16.3. The maximum Gasteiger partial charge on any atom is 0.334 e. The topological polar surface area (TPSA) is 65.7 Å². The Bertz CT molecular complexity index is 764. The number of hydrogen-bond donors (Lipinski definition) is 0. The molecule has 0 N–H and O–H groups in total. The second-order valence-electron chi connectivity index (χ2n) is 8.78. The van der Waals surface area contributed by atoms with Crippen LogP contribution in [0.2, 0.25) is 0 Å². The Kier molecular flexibility index (Phi) is 4.44. The molecule has 1 saturated carbocycles. The number of cyclic esters (lactones) is 1. The van der Waals surface area contributed by atoms with E-state index in [0.717, 1.165) is 43.2 Å². The first kappa shape index (κ1) is 18.3. The third-order valence-electron chi connectivity index (χ3n) is 7.48. The van der Waals surface area contributed by atoms with Gasteiger partial charge in [-0.05, 0) is 55.4 Å². The fourth-order valence-electron chi connectivity index (χ4n) is 5.92. The Morgan fingerprint density at radius 3 is 2.93 bits per heavy atom. The van der Waals surface area contributed by atoms with E-state index in [1.807, 2.05) is 6.07 Å². The van der Waals surface area contributed by atoms with E-state index in [1.54, 1.807) is 12.5 Å². The maximum absolute atomic E-state index is 12.3. The van der Waals surface area contributed by atoms with Gasteiger partial charge in [-0.1, -0.05) is 19.9 Å². The fraction of sp³-hybridized carbons (Fsp3) is 0.636. The molecule has 0 aromatic carbocycles. The fourth-order valence-corrected chi connectivity index (χ4v) is 5.92. The number of rotatable bonds is 4. The van der Waals surface area contributed by atoms with Gasteiger partial charge in [-0.2, -0.15) is 0 Å². The number of carbonyl (C=O) groups excluding carboxylic acids is 2. The van der Waals surface area contributed by atoms with Crippen LogP contribution in [-0.4, -0.2) is 18.5 Å². The van der Waals surface area contributed by atoms with Crippen LogP contribution in [0.5, 0.6) is 0 Å². The molecule has 2 heterocycles.